The van der Waals surface area contributed by atoms with Crippen molar-refractivity contribution in [1.29, 1.82) is 0 Å². The molecule has 1 N–H and O–H groups in total. The van der Waals surface area contributed by atoms with Gasteiger partial charge in [0.15, 0.2) is 6.10 Å². The van der Waals surface area contributed by atoms with Crippen molar-refractivity contribution in [2.24, 2.45) is 0 Å². The van der Waals surface area contributed by atoms with E-state index in [4.69, 9.17) is 18.9 Å². The fourth-order valence-corrected chi connectivity index (χ4v) is 3.20. The van der Waals surface area contributed by atoms with Crippen LogP contribution in [-0.2, 0) is 20.7 Å². The molecule has 3 rings (SSSR count). The molecule has 166 valence electrons. The average Bonchev–Trinajstić information content (AvgIpc) is 3.32. The molecule has 2 aromatic carbocycles. The zero-order valence-corrected chi connectivity index (χ0v) is 18.0. The van der Waals surface area contributed by atoms with Gasteiger partial charge in [0, 0.05) is 13.2 Å². The van der Waals surface area contributed by atoms with Crippen molar-refractivity contribution in [3.63, 3.8) is 0 Å². The van der Waals surface area contributed by atoms with Crippen LogP contribution >= 0.6 is 0 Å². The molecule has 0 aliphatic carbocycles. The molecule has 2 aromatic rings. The van der Waals surface area contributed by atoms with E-state index in [0.717, 1.165) is 30.8 Å². The third-order valence-corrected chi connectivity index (χ3v) is 5.07. The van der Waals surface area contributed by atoms with Crippen LogP contribution in [0.1, 0.15) is 35.7 Å². The van der Waals surface area contributed by atoms with Gasteiger partial charge in [-0.15, -0.1) is 0 Å². The summed E-state index contributed by atoms with van der Waals surface area (Å²) in [6, 6.07) is 14.3. The number of carbonyl (C=O) groups is 2. The van der Waals surface area contributed by atoms with E-state index in [9.17, 15) is 9.59 Å². The summed E-state index contributed by atoms with van der Waals surface area (Å²) in [5.41, 5.74) is 1.44. The highest BCUT2D eigenvalue weighted by atomic mass is 16.5. The van der Waals surface area contributed by atoms with E-state index in [0.29, 0.717) is 30.9 Å². The predicted molar refractivity (Wildman–Crippen MR) is 115 cm³/mol. The van der Waals surface area contributed by atoms with Crippen molar-refractivity contribution in [2.75, 3.05) is 26.9 Å². The number of carbonyl (C=O) groups excluding carboxylic acids is 2. The number of ether oxygens (including phenoxy) is 4. The molecule has 7 nitrogen and oxygen atoms in total. The second-order valence-electron chi connectivity index (χ2n) is 7.41. The smallest absolute Gasteiger partial charge is 0.338 e. The number of methoxy groups -OCH3 is 1. The molecule has 0 saturated carbocycles. The van der Waals surface area contributed by atoms with Crippen LogP contribution in [0.2, 0.25) is 0 Å². The van der Waals surface area contributed by atoms with E-state index < -0.39 is 12.1 Å². The molecule has 7 heteroatoms. The second-order valence-corrected chi connectivity index (χ2v) is 7.41. The van der Waals surface area contributed by atoms with Gasteiger partial charge in [0.2, 0.25) is 0 Å². The van der Waals surface area contributed by atoms with Crippen LogP contribution in [0.25, 0.3) is 0 Å². The molecule has 0 aromatic heterocycles. The van der Waals surface area contributed by atoms with Crippen molar-refractivity contribution in [1.82, 2.24) is 5.32 Å². The Bertz CT molecular complexity index is 843. The lowest BCUT2D eigenvalue weighted by atomic mass is 10.1. The Labute approximate surface area is 182 Å². The van der Waals surface area contributed by atoms with Crippen LogP contribution in [0.4, 0.5) is 0 Å². The Morgan fingerprint density at radius 2 is 1.81 bits per heavy atom. The number of nitrogens with one attached hydrogen (secondary N) is 1. The summed E-state index contributed by atoms with van der Waals surface area (Å²) in [6.07, 6.45) is 1.98. The van der Waals surface area contributed by atoms with Crippen LogP contribution in [0.5, 0.6) is 11.5 Å². The fraction of sp³-hybridized carbons (Fsp3) is 0.417. The lowest BCUT2D eigenvalue weighted by Gasteiger charge is -2.14. The molecule has 1 saturated heterocycles. The predicted octanol–water partition coefficient (Wildman–Crippen LogP) is 3.16. The van der Waals surface area contributed by atoms with Crippen molar-refractivity contribution in [2.45, 2.75) is 38.4 Å². The minimum absolute atomic E-state index is 0.133. The van der Waals surface area contributed by atoms with Gasteiger partial charge in [-0.2, -0.15) is 0 Å². The minimum Gasteiger partial charge on any atom is -0.497 e. The largest absolute Gasteiger partial charge is 0.497 e. The maximum atomic E-state index is 12.3. The monoisotopic (exact) mass is 427 g/mol. The summed E-state index contributed by atoms with van der Waals surface area (Å²) in [5, 5.41) is 2.79. The number of hydrogen-bond acceptors (Lipinski definition) is 6. The SMILES string of the molecule is COc1ccc(CCNC(=O)[C@H](C)OC(=O)c2ccc(OC[C@@H]3CCCO3)cc2)cc1. The summed E-state index contributed by atoms with van der Waals surface area (Å²) >= 11 is 0. The van der Waals surface area contributed by atoms with E-state index in [1.807, 2.05) is 24.3 Å². The third-order valence-electron chi connectivity index (χ3n) is 5.07. The van der Waals surface area contributed by atoms with Gasteiger partial charge in [-0.3, -0.25) is 4.79 Å². The molecular formula is C24H29NO6. The molecule has 1 heterocycles. The van der Waals surface area contributed by atoms with Crippen LogP contribution < -0.4 is 14.8 Å². The van der Waals surface area contributed by atoms with Crippen molar-refractivity contribution >= 4 is 11.9 Å². The van der Waals surface area contributed by atoms with E-state index in [2.05, 4.69) is 5.32 Å². The van der Waals surface area contributed by atoms with Crippen LogP contribution in [-0.4, -0.2) is 51.0 Å². The minimum atomic E-state index is -0.890. The van der Waals surface area contributed by atoms with E-state index in [1.165, 1.54) is 0 Å². The van der Waals surface area contributed by atoms with Gasteiger partial charge in [0.1, 0.15) is 18.1 Å². The molecule has 0 spiro atoms. The summed E-state index contributed by atoms with van der Waals surface area (Å²) in [5.74, 6) is 0.564. The molecule has 0 bridgehead atoms. The highest BCUT2D eigenvalue weighted by molar-refractivity contribution is 5.92. The highest BCUT2D eigenvalue weighted by Gasteiger charge is 2.19. The number of esters is 1. The van der Waals surface area contributed by atoms with Gasteiger partial charge < -0.3 is 24.3 Å². The van der Waals surface area contributed by atoms with Gasteiger partial charge in [-0.25, -0.2) is 4.79 Å². The molecule has 1 amide bonds. The maximum Gasteiger partial charge on any atom is 0.338 e. The van der Waals surface area contributed by atoms with E-state index in [-0.39, 0.29) is 12.0 Å². The molecule has 0 radical (unpaired) electrons. The first-order valence-corrected chi connectivity index (χ1v) is 10.5. The van der Waals surface area contributed by atoms with Gasteiger partial charge in [-0.05, 0) is 68.1 Å². The van der Waals surface area contributed by atoms with Gasteiger partial charge in [0.05, 0.1) is 18.8 Å². The third kappa shape index (κ3) is 7.00. The summed E-state index contributed by atoms with van der Waals surface area (Å²) < 4.78 is 21.6. The molecule has 1 aliphatic rings. The Kier molecular flexibility index (Phi) is 8.29. The quantitative estimate of drug-likeness (QED) is 0.587. The van der Waals surface area contributed by atoms with Crippen LogP contribution in [0, 0.1) is 0 Å². The Morgan fingerprint density at radius 3 is 2.45 bits per heavy atom. The number of amides is 1. The van der Waals surface area contributed by atoms with Crippen molar-refractivity contribution in [3.8, 4) is 11.5 Å². The number of benzene rings is 2. The van der Waals surface area contributed by atoms with Gasteiger partial charge in [-0.1, -0.05) is 12.1 Å². The van der Waals surface area contributed by atoms with Crippen molar-refractivity contribution in [3.05, 3.63) is 59.7 Å². The maximum absolute atomic E-state index is 12.3. The Hall–Kier alpha value is -3.06. The normalized spacial score (nSPS) is 16.4. The van der Waals surface area contributed by atoms with E-state index in [1.54, 1.807) is 38.3 Å². The molecule has 2 atom stereocenters. The highest BCUT2D eigenvalue weighted by Crippen LogP contribution is 2.17. The Morgan fingerprint density at radius 1 is 1.10 bits per heavy atom. The van der Waals surface area contributed by atoms with Gasteiger partial charge in [0.25, 0.3) is 5.91 Å². The summed E-state index contributed by atoms with van der Waals surface area (Å²) in [4.78, 5) is 24.5. The second kappa shape index (κ2) is 11.4. The zero-order valence-electron chi connectivity index (χ0n) is 18.0. The summed E-state index contributed by atoms with van der Waals surface area (Å²) in [7, 11) is 1.62. The lowest BCUT2D eigenvalue weighted by Crippen LogP contribution is -2.36. The average molecular weight is 427 g/mol. The standard InChI is InChI=1S/C24H29NO6/c1-17(23(26)25-14-13-18-5-9-20(28-2)10-6-18)31-24(27)19-7-11-21(12-8-19)30-16-22-4-3-15-29-22/h5-12,17,22H,3-4,13-16H2,1-2H3,(H,25,26)/t17-,22-/m0/s1. The topological polar surface area (TPSA) is 83.1 Å². The zero-order chi connectivity index (χ0) is 22.1. The fourth-order valence-electron chi connectivity index (χ4n) is 3.20. The molecule has 0 unspecified atom stereocenters. The first kappa shape index (κ1) is 22.6. The summed E-state index contributed by atoms with van der Waals surface area (Å²) in [6.45, 7) is 3.28. The van der Waals surface area contributed by atoms with Gasteiger partial charge >= 0.3 is 5.97 Å². The molecular weight excluding hydrogens is 398 g/mol. The number of rotatable bonds is 10. The molecule has 1 aliphatic heterocycles. The number of hydrogen-bond donors (Lipinski definition) is 1. The van der Waals surface area contributed by atoms with Crippen LogP contribution in [0.3, 0.4) is 0 Å². The first-order chi connectivity index (χ1) is 15.0. The lowest BCUT2D eigenvalue weighted by molar-refractivity contribution is -0.129. The van der Waals surface area contributed by atoms with E-state index >= 15 is 0 Å². The molecule has 31 heavy (non-hydrogen) atoms. The Balaban J connectivity index is 1.39. The molecule has 1 fully saturated rings. The van der Waals surface area contributed by atoms with Crippen molar-refractivity contribution < 1.29 is 28.5 Å². The van der Waals surface area contributed by atoms with Crippen LogP contribution in [0.15, 0.2) is 48.5 Å². The first-order valence-electron chi connectivity index (χ1n) is 10.5.